The molecule has 0 aliphatic heterocycles. The lowest BCUT2D eigenvalue weighted by Gasteiger charge is -2.29. The SMILES string of the molecule is CC(CS(C)(=O)=O)N(C(=O)Cc1c[nH]c2ccccc12)C1CC1. The van der Waals surface area contributed by atoms with Crippen LogP contribution in [0, 0.1) is 0 Å². The average molecular weight is 334 g/mol. The van der Waals surface area contributed by atoms with Gasteiger partial charge >= 0.3 is 0 Å². The van der Waals surface area contributed by atoms with Crippen LogP contribution in [0.15, 0.2) is 30.5 Å². The molecule has 0 saturated heterocycles. The van der Waals surface area contributed by atoms with E-state index in [-0.39, 0.29) is 23.7 Å². The van der Waals surface area contributed by atoms with Gasteiger partial charge in [0.05, 0.1) is 12.2 Å². The molecule has 3 rings (SSSR count). The monoisotopic (exact) mass is 334 g/mol. The number of para-hydroxylation sites is 1. The maximum Gasteiger partial charge on any atom is 0.227 e. The van der Waals surface area contributed by atoms with Crippen molar-refractivity contribution in [2.75, 3.05) is 12.0 Å². The molecule has 1 aromatic carbocycles. The van der Waals surface area contributed by atoms with E-state index in [9.17, 15) is 13.2 Å². The highest BCUT2D eigenvalue weighted by Crippen LogP contribution is 2.30. The first kappa shape index (κ1) is 16.1. The lowest BCUT2D eigenvalue weighted by Crippen LogP contribution is -2.44. The quantitative estimate of drug-likeness (QED) is 0.880. The predicted octanol–water partition coefficient (Wildman–Crippen LogP) is 2.13. The number of fused-ring (bicyclic) bond motifs is 1. The summed E-state index contributed by atoms with van der Waals surface area (Å²) in [6, 6.07) is 7.80. The summed E-state index contributed by atoms with van der Waals surface area (Å²) in [5, 5.41) is 1.05. The van der Waals surface area contributed by atoms with Crippen LogP contribution in [0.25, 0.3) is 10.9 Å². The molecule has 6 heteroatoms. The van der Waals surface area contributed by atoms with Crippen LogP contribution in [-0.2, 0) is 21.1 Å². The van der Waals surface area contributed by atoms with E-state index in [0.29, 0.717) is 6.42 Å². The van der Waals surface area contributed by atoms with Crippen LogP contribution in [-0.4, -0.2) is 48.3 Å². The van der Waals surface area contributed by atoms with Gasteiger partial charge in [0.25, 0.3) is 0 Å². The Balaban J connectivity index is 1.79. The molecule has 1 saturated carbocycles. The number of H-pyrrole nitrogens is 1. The summed E-state index contributed by atoms with van der Waals surface area (Å²) in [7, 11) is -3.10. The molecule has 1 N–H and O–H groups in total. The molecule has 2 aromatic rings. The maximum absolute atomic E-state index is 12.8. The van der Waals surface area contributed by atoms with Gasteiger partial charge < -0.3 is 9.88 Å². The number of nitrogens with zero attached hydrogens (tertiary/aromatic N) is 1. The number of nitrogens with one attached hydrogen (secondary N) is 1. The van der Waals surface area contributed by atoms with Gasteiger partial charge in [0.1, 0.15) is 9.84 Å². The number of aromatic amines is 1. The van der Waals surface area contributed by atoms with Crippen molar-refractivity contribution < 1.29 is 13.2 Å². The summed E-state index contributed by atoms with van der Waals surface area (Å²) in [6.45, 7) is 1.83. The second-order valence-electron chi connectivity index (χ2n) is 6.51. The van der Waals surface area contributed by atoms with Gasteiger partial charge in [-0.25, -0.2) is 8.42 Å². The number of benzene rings is 1. The fraction of sp³-hybridized carbons (Fsp3) is 0.471. The summed E-state index contributed by atoms with van der Waals surface area (Å²) < 4.78 is 23.1. The number of carbonyl (C=O) groups is 1. The Kier molecular flexibility index (Phi) is 4.19. The van der Waals surface area contributed by atoms with Crippen molar-refractivity contribution in [1.82, 2.24) is 9.88 Å². The molecule has 1 amide bonds. The third-order valence-electron chi connectivity index (χ3n) is 4.26. The Labute approximate surface area is 136 Å². The van der Waals surface area contributed by atoms with Crippen LogP contribution in [0.1, 0.15) is 25.3 Å². The summed E-state index contributed by atoms with van der Waals surface area (Å²) in [4.78, 5) is 17.7. The molecular formula is C17H22N2O3S. The smallest absolute Gasteiger partial charge is 0.227 e. The summed E-state index contributed by atoms with van der Waals surface area (Å²) in [5.74, 6) is 0.0248. The molecule has 1 aromatic heterocycles. The maximum atomic E-state index is 12.8. The number of carbonyl (C=O) groups excluding carboxylic acids is 1. The van der Waals surface area contributed by atoms with Gasteiger partial charge in [-0.1, -0.05) is 18.2 Å². The molecule has 1 fully saturated rings. The first-order chi connectivity index (χ1) is 10.8. The molecular weight excluding hydrogens is 312 g/mol. The molecule has 1 aliphatic carbocycles. The molecule has 1 unspecified atom stereocenters. The van der Waals surface area contributed by atoms with E-state index in [1.807, 2.05) is 37.4 Å². The first-order valence-electron chi connectivity index (χ1n) is 7.89. The highest BCUT2D eigenvalue weighted by atomic mass is 32.2. The van der Waals surface area contributed by atoms with Crippen LogP contribution < -0.4 is 0 Å². The van der Waals surface area contributed by atoms with E-state index in [0.717, 1.165) is 29.3 Å². The average Bonchev–Trinajstić information content (AvgIpc) is 3.19. The molecule has 1 heterocycles. The molecule has 5 nitrogen and oxygen atoms in total. The number of sulfone groups is 1. The normalized spacial score (nSPS) is 16.4. The van der Waals surface area contributed by atoms with Gasteiger partial charge in [0.2, 0.25) is 5.91 Å². The first-order valence-corrected chi connectivity index (χ1v) is 9.95. The van der Waals surface area contributed by atoms with Crippen molar-refractivity contribution in [1.29, 1.82) is 0 Å². The Morgan fingerprint density at radius 3 is 2.70 bits per heavy atom. The second-order valence-corrected chi connectivity index (χ2v) is 8.69. The van der Waals surface area contributed by atoms with Crippen molar-refractivity contribution in [3.63, 3.8) is 0 Å². The van der Waals surface area contributed by atoms with Crippen molar-refractivity contribution in [2.45, 2.75) is 38.3 Å². The zero-order valence-corrected chi connectivity index (χ0v) is 14.3. The fourth-order valence-corrected chi connectivity index (χ4v) is 4.25. The summed E-state index contributed by atoms with van der Waals surface area (Å²) in [6.07, 6.45) is 5.32. The van der Waals surface area contributed by atoms with Gasteiger partial charge in [0.15, 0.2) is 0 Å². The number of aromatic nitrogens is 1. The molecule has 1 atom stereocenters. The van der Waals surface area contributed by atoms with E-state index in [1.54, 1.807) is 4.90 Å². The molecule has 1 aliphatic rings. The number of hydrogen-bond acceptors (Lipinski definition) is 3. The van der Waals surface area contributed by atoms with Crippen LogP contribution >= 0.6 is 0 Å². The standard InChI is InChI=1S/C17H22N2O3S/c1-12(11-23(2,21)22)19(14-7-8-14)17(20)9-13-10-18-16-6-4-3-5-15(13)16/h3-6,10,12,14,18H,7-9,11H2,1-2H3. The van der Waals surface area contributed by atoms with Crippen molar-refractivity contribution in [3.05, 3.63) is 36.0 Å². The molecule has 0 bridgehead atoms. The Bertz CT molecular complexity index is 821. The van der Waals surface area contributed by atoms with Gasteiger partial charge in [-0.3, -0.25) is 4.79 Å². The molecule has 23 heavy (non-hydrogen) atoms. The van der Waals surface area contributed by atoms with Gasteiger partial charge in [-0.2, -0.15) is 0 Å². The van der Waals surface area contributed by atoms with Crippen LogP contribution in [0.4, 0.5) is 0 Å². The van der Waals surface area contributed by atoms with E-state index < -0.39 is 9.84 Å². The van der Waals surface area contributed by atoms with E-state index in [4.69, 9.17) is 0 Å². The molecule has 124 valence electrons. The number of rotatable bonds is 6. The lowest BCUT2D eigenvalue weighted by atomic mass is 10.1. The number of amides is 1. The van der Waals surface area contributed by atoms with Crippen LogP contribution in [0.5, 0.6) is 0 Å². The van der Waals surface area contributed by atoms with E-state index >= 15 is 0 Å². The third-order valence-corrected chi connectivity index (χ3v) is 5.35. The highest BCUT2D eigenvalue weighted by molar-refractivity contribution is 7.90. The molecule has 0 radical (unpaired) electrons. The highest BCUT2D eigenvalue weighted by Gasteiger charge is 2.36. The second kappa shape index (κ2) is 6.00. The minimum atomic E-state index is -3.10. The Morgan fingerprint density at radius 2 is 2.04 bits per heavy atom. The Morgan fingerprint density at radius 1 is 1.35 bits per heavy atom. The Hall–Kier alpha value is -1.82. The van der Waals surface area contributed by atoms with Crippen LogP contribution in [0.2, 0.25) is 0 Å². The largest absolute Gasteiger partial charge is 0.361 e. The van der Waals surface area contributed by atoms with E-state index in [1.165, 1.54) is 6.26 Å². The van der Waals surface area contributed by atoms with Crippen molar-refractivity contribution in [2.24, 2.45) is 0 Å². The lowest BCUT2D eigenvalue weighted by molar-refractivity contribution is -0.132. The third kappa shape index (κ3) is 3.75. The fourth-order valence-electron chi connectivity index (χ4n) is 3.21. The van der Waals surface area contributed by atoms with Crippen LogP contribution in [0.3, 0.4) is 0 Å². The molecule has 0 spiro atoms. The van der Waals surface area contributed by atoms with Crippen molar-refractivity contribution >= 4 is 26.6 Å². The summed E-state index contributed by atoms with van der Waals surface area (Å²) in [5.41, 5.74) is 1.97. The van der Waals surface area contributed by atoms with Gasteiger partial charge in [-0.15, -0.1) is 0 Å². The minimum absolute atomic E-state index is 0.00778. The zero-order chi connectivity index (χ0) is 16.6. The van der Waals surface area contributed by atoms with E-state index in [2.05, 4.69) is 4.98 Å². The summed E-state index contributed by atoms with van der Waals surface area (Å²) >= 11 is 0. The number of hydrogen-bond donors (Lipinski definition) is 1. The van der Waals surface area contributed by atoms with Crippen molar-refractivity contribution in [3.8, 4) is 0 Å². The predicted molar refractivity (Wildman–Crippen MR) is 91.0 cm³/mol. The van der Waals surface area contributed by atoms with Gasteiger partial charge in [0, 0.05) is 35.4 Å². The minimum Gasteiger partial charge on any atom is -0.361 e. The zero-order valence-electron chi connectivity index (χ0n) is 13.5. The topological polar surface area (TPSA) is 70.2 Å². The van der Waals surface area contributed by atoms with Gasteiger partial charge in [-0.05, 0) is 31.4 Å².